The van der Waals surface area contributed by atoms with Crippen LogP contribution in [0.4, 0.5) is 10.7 Å². The van der Waals surface area contributed by atoms with Gasteiger partial charge in [-0.3, -0.25) is 14.9 Å². The van der Waals surface area contributed by atoms with Gasteiger partial charge in [-0.1, -0.05) is 11.3 Å². The first kappa shape index (κ1) is 13.4. The Morgan fingerprint density at radius 2 is 2.24 bits per heavy atom. The third-order valence-electron chi connectivity index (χ3n) is 1.65. The molecule has 1 heterocycles. The number of nitrogens with one attached hydrogen (secondary N) is 1. The topological polar surface area (TPSA) is 127 Å². The van der Waals surface area contributed by atoms with Gasteiger partial charge in [-0.25, -0.2) is 8.42 Å². The number of thiophene rings is 1. The number of sulfone groups is 1. The summed E-state index contributed by atoms with van der Waals surface area (Å²) in [4.78, 5) is 20.2. The quantitative estimate of drug-likeness (QED) is 0.595. The van der Waals surface area contributed by atoms with E-state index in [0.717, 1.165) is 12.3 Å². The highest BCUT2D eigenvalue weighted by atomic mass is 32.2. The van der Waals surface area contributed by atoms with Crippen LogP contribution in [0.5, 0.6) is 0 Å². The van der Waals surface area contributed by atoms with Crippen LogP contribution in [-0.2, 0) is 14.6 Å². The van der Waals surface area contributed by atoms with Gasteiger partial charge in [0.15, 0.2) is 14.8 Å². The lowest BCUT2D eigenvalue weighted by atomic mass is 10.5. The number of rotatable bonds is 5. The van der Waals surface area contributed by atoms with E-state index in [9.17, 15) is 23.3 Å². The summed E-state index contributed by atoms with van der Waals surface area (Å²) < 4.78 is 22.2. The van der Waals surface area contributed by atoms with Gasteiger partial charge in [0.25, 0.3) is 0 Å². The van der Waals surface area contributed by atoms with Crippen molar-refractivity contribution in [1.29, 1.82) is 0 Å². The van der Waals surface area contributed by atoms with Crippen molar-refractivity contribution in [3.8, 4) is 0 Å². The van der Waals surface area contributed by atoms with Crippen molar-refractivity contribution in [2.45, 2.75) is 4.21 Å². The predicted molar refractivity (Wildman–Crippen MR) is 60.2 cm³/mol. The molecular formula is C7H8N2O6S2. The summed E-state index contributed by atoms with van der Waals surface area (Å²) in [6.07, 6.45) is 0.920. The number of carbonyl (C=O) groups is 1. The van der Waals surface area contributed by atoms with Crippen LogP contribution in [0.2, 0.25) is 0 Å². The first-order chi connectivity index (χ1) is 7.71. The van der Waals surface area contributed by atoms with E-state index in [0.29, 0.717) is 11.3 Å². The molecule has 1 rings (SSSR count). The maximum atomic E-state index is 11.2. The van der Waals surface area contributed by atoms with Crippen molar-refractivity contribution in [1.82, 2.24) is 0 Å². The molecule has 0 radical (unpaired) electrons. The Labute approximate surface area is 100.0 Å². The van der Waals surface area contributed by atoms with Gasteiger partial charge in [0.2, 0.25) is 0 Å². The molecule has 0 aliphatic carbocycles. The number of nitrogens with zero attached hydrogens (tertiary/aromatic N) is 1. The summed E-state index contributed by atoms with van der Waals surface area (Å²) >= 11 is 0.633. The minimum absolute atomic E-state index is 0.0853. The summed E-state index contributed by atoms with van der Waals surface area (Å²) in [5.41, 5.74) is -0.448. The van der Waals surface area contributed by atoms with Gasteiger partial charge < -0.3 is 10.4 Å². The van der Waals surface area contributed by atoms with Crippen LogP contribution in [0.1, 0.15) is 0 Å². The zero-order valence-electron chi connectivity index (χ0n) is 8.54. The molecule has 0 spiro atoms. The van der Waals surface area contributed by atoms with E-state index < -0.39 is 33.0 Å². The molecule has 0 aliphatic rings. The average Bonchev–Trinajstić information content (AvgIpc) is 2.57. The molecule has 0 amide bonds. The molecule has 17 heavy (non-hydrogen) atoms. The van der Waals surface area contributed by atoms with Crippen LogP contribution < -0.4 is 5.32 Å². The minimum atomic E-state index is -3.55. The molecule has 0 aromatic carbocycles. The van der Waals surface area contributed by atoms with Crippen molar-refractivity contribution < 1.29 is 23.2 Å². The fourth-order valence-electron chi connectivity index (χ4n) is 0.960. The molecule has 0 saturated carbocycles. The van der Waals surface area contributed by atoms with Crippen molar-refractivity contribution in [2.75, 3.05) is 18.1 Å². The second kappa shape index (κ2) is 4.67. The molecule has 0 unspecified atom stereocenters. The third-order valence-corrected chi connectivity index (χ3v) is 4.54. The summed E-state index contributed by atoms with van der Waals surface area (Å²) in [5, 5.41) is 21.3. The Morgan fingerprint density at radius 1 is 1.65 bits per heavy atom. The molecule has 2 N–H and O–H groups in total. The summed E-state index contributed by atoms with van der Waals surface area (Å²) in [6.45, 7) is -0.523. The molecule has 94 valence electrons. The molecule has 0 atom stereocenters. The minimum Gasteiger partial charge on any atom is -0.480 e. The van der Waals surface area contributed by atoms with Crippen LogP contribution in [0.3, 0.4) is 0 Å². The van der Waals surface area contributed by atoms with Gasteiger partial charge in [-0.05, 0) is 0 Å². The Hall–Kier alpha value is -1.68. The zero-order chi connectivity index (χ0) is 13.2. The second-order valence-electron chi connectivity index (χ2n) is 3.06. The lowest BCUT2D eigenvalue weighted by Gasteiger charge is -1.97. The van der Waals surface area contributed by atoms with E-state index in [1.807, 2.05) is 0 Å². The van der Waals surface area contributed by atoms with Crippen molar-refractivity contribution in [3.63, 3.8) is 0 Å². The molecule has 0 aliphatic heterocycles. The summed E-state index contributed by atoms with van der Waals surface area (Å²) in [5.74, 6) is -1.20. The van der Waals surface area contributed by atoms with E-state index in [2.05, 4.69) is 5.32 Å². The zero-order valence-corrected chi connectivity index (χ0v) is 10.2. The van der Waals surface area contributed by atoms with Crippen LogP contribution in [0, 0.1) is 10.1 Å². The maximum absolute atomic E-state index is 11.2. The second-order valence-corrected chi connectivity index (χ2v) is 6.35. The molecule has 8 nitrogen and oxygen atoms in total. The van der Waals surface area contributed by atoms with Crippen LogP contribution in [0.15, 0.2) is 10.3 Å². The van der Waals surface area contributed by atoms with Gasteiger partial charge in [-0.2, -0.15) is 0 Å². The fourth-order valence-corrected chi connectivity index (χ4v) is 2.90. The molecule has 0 bridgehead atoms. The van der Waals surface area contributed by atoms with Crippen LogP contribution >= 0.6 is 11.3 Å². The van der Waals surface area contributed by atoms with Gasteiger partial charge in [0.1, 0.15) is 10.8 Å². The number of aliphatic carboxylic acids is 1. The SMILES string of the molecule is CS(=O)(=O)c1cc([N+](=O)[O-])c(NCC(=O)O)s1. The number of hydrogen-bond donors (Lipinski definition) is 2. The molecule has 1 aromatic rings. The van der Waals surface area contributed by atoms with Crippen molar-refractivity contribution in [3.05, 3.63) is 16.2 Å². The first-order valence-electron chi connectivity index (χ1n) is 4.15. The van der Waals surface area contributed by atoms with E-state index in [-0.39, 0.29) is 9.21 Å². The molecular weight excluding hydrogens is 272 g/mol. The van der Waals surface area contributed by atoms with Crippen LogP contribution in [0.25, 0.3) is 0 Å². The molecule has 10 heteroatoms. The first-order valence-corrected chi connectivity index (χ1v) is 6.86. The number of carboxylic acids is 1. The highest BCUT2D eigenvalue weighted by Crippen LogP contribution is 2.36. The average molecular weight is 280 g/mol. The number of anilines is 1. The van der Waals surface area contributed by atoms with E-state index >= 15 is 0 Å². The van der Waals surface area contributed by atoms with Crippen molar-refractivity contribution >= 4 is 37.8 Å². The lowest BCUT2D eigenvalue weighted by molar-refractivity contribution is -0.383. The van der Waals surface area contributed by atoms with E-state index in [4.69, 9.17) is 5.11 Å². The summed E-state index contributed by atoms with van der Waals surface area (Å²) in [6, 6.07) is 0.907. The maximum Gasteiger partial charge on any atom is 0.322 e. The Kier molecular flexibility index (Phi) is 3.68. The Balaban J connectivity index is 3.14. The molecule has 0 saturated heterocycles. The van der Waals surface area contributed by atoms with Crippen LogP contribution in [-0.4, -0.2) is 37.2 Å². The van der Waals surface area contributed by atoms with E-state index in [1.54, 1.807) is 0 Å². The molecule has 1 aromatic heterocycles. The van der Waals surface area contributed by atoms with Crippen molar-refractivity contribution in [2.24, 2.45) is 0 Å². The smallest absolute Gasteiger partial charge is 0.322 e. The summed E-state index contributed by atoms with van der Waals surface area (Å²) in [7, 11) is -3.55. The predicted octanol–water partition coefficient (Wildman–Crippen LogP) is 0.556. The lowest BCUT2D eigenvalue weighted by Crippen LogP contribution is -2.12. The highest BCUT2D eigenvalue weighted by molar-refractivity contribution is 7.92. The van der Waals surface area contributed by atoms with Gasteiger partial charge in [0, 0.05) is 12.3 Å². The van der Waals surface area contributed by atoms with E-state index in [1.165, 1.54) is 0 Å². The Bertz CT molecular complexity index is 561. The Morgan fingerprint density at radius 3 is 2.65 bits per heavy atom. The number of nitro groups is 1. The largest absolute Gasteiger partial charge is 0.480 e. The number of hydrogen-bond acceptors (Lipinski definition) is 7. The number of carboxylic acid groups (broad SMARTS) is 1. The molecule has 0 fully saturated rings. The van der Waals surface area contributed by atoms with Gasteiger partial charge in [0.05, 0.1) is 4.92 Å². The van der Waals surface area contributed by atoms with Gasteiger partial charge >= 0.3 is 11.7 Å². The third kappa shape index (κ3) is 3.39. The highest BCUT2D eigenvalue weighted by Gasteiger charge is 2.23. The normalized spacial score (nSPS) is 11.1. The standard InChI is InChI=1S/C7H8N2O6S2/c1-17(14,15)6-2-4(9(12)13)7(16-6)8-3-5(10)11/h2,8H,3H2,1H3,(H,10,11). The monoisotopic (exact) mass is 280 g/mol. The fraction of sp³-hybridized carbons (Fsp3) is 0.286. The van der Waals surface area contributed by atoms with Gasteiger partial charge in [-0.15, -0.1) is 0 Å².